The molecule has 1 atom stereocenters. The predicted octanol–water partition coefficient (Wildman–Crippen LogP) is 3.01. The Labute approximate surface area is 158 Å². The summed E-state index contributed by atoms with van der Waals surface area (Å²) < 4.78 is 6.75. The third kappa shape index (κ3) is 3.97. The fraction of sp³-hybridized carbons (Fsp3) is 0.167. The van der Waals surface area contributed by atoms with Crippen LogP contribution in [0.3, 0.4) is 0 Å². The lowest BCUT2D eigenvalue weighted by molar-refractivity contribution is 0.0915. The number of fused-ring (bicyclic) bond motifs is 1. The molecule has 1 N–H and O–H groups in total. The van der Waals surface area contributed by atoms with Crippen molar-refractivity contribution in [3.8, 4) is 11.8 Å². The van der Waals surface area contributed by atoms with Crippen molar-refractivity contribution in [3.05, 3.63) is 68.7 Å². The maximum absolute atomic E-state index is 12.5. The van der Waals surface area contributed by atoms with E-state index in [1.54, 1.807) is 24.3 Å². The van der Waals surface area contributed by atoms with Gasteiger partial charge in [-0.1, -0.05) is 23.2 Å². The minimum absolute atomic E-state index is 0.00217. The number of nitriles is 1. The molecule has 26 heavy (non-hydrogen) atoms. The van der Waals surface area contributed by atoms with Crippen LogP contribution in [0.5, 0.6) is 5.75 Å². The van der Waals surface area contributed by atoms with Crippen molar-refractivity contribution in [3.63, 3.8) is 0 Å². The van der Waals surface area contributed by atoms with Crippen LogP contribution in [0.2, 0.25) is 10.0 Å². The monoisotopic (exact) mass is 389 g/mol. The highest BCUT2D eigenvalue weighted by Crippen LogP contribution is 2.24. The van der Waals surface area contributed by atoms with Crippen molar-refractivity contribution in [2.45, 2.75) is 12.6 Å². The first-order valence-corrected chi connectivity index (χ1v) is 8.39. The molecule has 6 nitrogen and oxygen atoms in total. The van der Waals surface area contributed by atoms with Crippen LogP contribution in [-0.4, -0.2) is 27.4 Å². The van der Waals surface area contributed by atoms with Crippen LogP contribution in [0.15, 0.2) is 47.5 Å². The number of benzene rings is 2. The van der Waals surface area contributed by atoms with E-state index < -0.39 is 6.10 Å². The molecule has 0 unspecified atom stereocenters. The van der Waals surface area contributed by atoms with Crippen molar-refractivity contribution < 1.29 is 9.84 Å². The van der Waals surface area contributed by atoms with Crippen LogP contribution in [0.25, 0.3) is 10.9 Å². The number of nitrogens with zero attached hydrogens (tertiary/aromatic N) is 3. The van der Waals surface area contributed by atoms with Gasteiger partial charge in [0.05, 0.1) is 40.4 Å². The van der Waals surface area contributed by atoms with Crippen LogP contribution in [0.1, 0.15) is 5.56 Å². The van der Waals surface area contributed by atoms with Gasteiger partial charge in [0.25, 0.3) is 5.56 Å². The topological polar surface area (TPSA) is 88.1 Å². The SMILES string of the molecule is N#Cc1ccc(OC[C@H](O)Cn2cnc3c(Cl)cc(Cl)cc3c2=O)cc1. The van der Waals surface area contributed by atoms with E-state index in [-0.39, 0.29) is 24.1 Å². The number of aliphatic hydroxyl groups excluding tert-OH is 1. The second kappa shape index (κ2) is 7.75. The highest BCUT2D eigenvalue weighted by Gasteiger charge is 2.12. The highest BCUT2D eigenvalue weighted by molar-refractivity contribution is 6.38. The summed E-state index contributed by atoms with van der Waals surface area (Å²) in [6, 6.07) is 11.5. The van der Waals surface area contributed by atoms with E-state index in [4.69, 9.17) is 33.2 Å². The van der Waals surface area contributed by atoms with Gasteiger partial charge in [-0.3, -0.25) is 9.36 Å². The minimum atomic E-state index is -0.933. The Balaban J connectivity index is 1.72. The molecule has 132 valence electrons. The molecule has 0 fully saturated rings. The Morgan fingerprint density at radius 2 is 2.00 bits per heavy atom. The number of ether oxygens (including phenoxy) is 1. The van der Waals surface area contributed by atoms with Crippen molar-refractivity contribution in [1.82, 2.24) is 9.55 Å². The van der Waals surface area contributed by atoms with E-state index in [1.807, 2.05) is 6.07 Å². The van der Waals surface area contributed by atoms with Gasteiger partial charge in [0.2, 0.25) is 0 Å². The lowest BCUT2D eigenvalue weighted by Gasteiger charge is -2.14. The number of hydrogen-bond donors (Lipinski definition) is 1. The molecule has 0 bridgehead atoms. The summed E-state index contributed by atoms with van der Waals surface area (Å²) in [5.74, 6) is 0.519. The maximum atomic E-state index is 12.5. The molecule has 3 aromatic rings. The van der Waals surface area contributed by atoms with Crippen LogP contribution in [-0.2, 0) is 6.54 Å². The molecule has 1 heterocycles. The van der Waals surface area contributed by atoms with Crippen LogP contribution >= 0.6 is 23.2 Å². The molecule has 0 radical (unpaired) electrons. The molecule has 0 aliphatic carbocycles. The zero-order valence-electron chi connectivity index (χ0n) is 13.4. The fourth-order valence-electron chi connectivity index (χ4n) is 2.42. The largest absolute Gasteiger partial charge is 0.491 e. The van der Waals surface area contributed by atoms with Gasteiger partial charge >= 0.3 is 0 Å². The lowest BCUT2D eigenvalue weighted by atomic mass is 10.2. The molecule has 0 aliphatic rings. The number of halogens is 2. The van der Waals surface area contributed by atoms with Crippen molar-refractivity contribution in [2.75, 3.05) is 6.61 Å². The third-order valence-corrected chi connectivity index (χ3v) is 4.19. The summed E-state index contributed by atoms with van der Waals surface area (Å²) in [5.41, 5.74) is 0.529. The van der Waals surface area contributed by atoms with Gasteiger partial charge in [0.15, 0.2) is 0 Å². The highest BCUT2D eigenvalue weighted by atomic mass is 35.5. The van der Waals surface area contributed by atoms with Crippen LogP contribution in [0, 0.1) is 11.3 Å². The fourth-order valence-corrected chi connectivity index (χ4v) is 2.96. The number of aromatic nitrogens is 2. The van der Waals surface area contributed by atoms with Crippen LogP contribution < -0.4 is 10.3 Å². The van der Waals surface area contributed by atoms with Crippen molar-refractivity contribution in [1.29, 1.82) is 5.26 Å². The molecule has 0 amide bonds. The van der Waals surface area contributed by atoms with E-state index in [0.29, 0.717) is 26.9 Å². The zero-order chi connectivity index (χ0) is 18.7. The first kappa shape index (κ1) is 18.2. The summed E-state index contributed by atoms with van der Waals surface area (Å²) >= 11 is 12.0. The Kier molecular flexibility index (Phi) is 5.43. The molecule has 2 aromatic carbocycles. The van der Waals surface area contributed by atoms with E-state index in [2.05, 4.69) is 4.98 Å². The van der Waals surface area contributed by atoms with Gasteiger partial charge in [-0.2, -0.15) is 5.26 Å². The van der Waals surface area contributed by atoms with Crippen molar-refractivity contribution in [2.24, 2.45) is 0 Å². The smallest absolute Gasteiger partial charge is 0.261 e. The van der Waals surface area contributed by atoms with Gasteiger partial charge in [-0.05, 0) is 36.4 Å². The summed E-state index contributed by atoms with van der Waals surface area (Å²) in [6.45, 7) is -0.0190. The van der Waals surface area contributed by atoms with Gasteiger partial charge in [0, 0.05) is 5.02 Å². The Morgan fingerprint density at radius 3 is 2.69 bits per heavy atom. The summed E-state index contributed by atoms with van der Waals surface area (Å²) in [6.07, 6.45) is 0.396. The van der Waals surface area contributed by atoms with E-state index in [0.717, 1.165) is 0 Å². The average molecular weight is 390 g/mol. The minimum Gasteiger partial charge on any atom is -0.491 e. The summed E-state index contributed by atoms with van der Waals surface area (Å²) in [5, 5.41) is 19.8. The molecular formula is C18H13Cl2N3O3. The molecule has 0 saturated heterocycles. The molecule has 0 aliphatic heterocycles. The molecular weight excluding hydrogens is 377 g/mol. The summed E-state index contributed by atoms with van der Waals surface area (Å²) in [7, 11) is 0. The first-order valence-electron chi connectivity index (χ1n) is 7.63. The van der Waals surface area contributed by atoms with E-state index >= 15 is 0 Å². The van der Waals surface area contributed by atoms with Gasteiger partial charge < -0.3 is 9.84 Å². The normalized spacial score (nSPS) is 11.9. The molecule has 8 heteroatoms. The zero-order valence-corrected chi connectivity index (χ0v) is 14.9. The standard InChI is InChI=1S/C18H13Cl2N3O3/c19-12-5-15-17(16(20)6-12)22-10-23(18(15)25)8-13(24)9-26-14-3-1-11(7-21)2-4-14/h1-6,10,13,24H,8-9H2/t13-/m1/s1. The van der Waals surface area contributed by atoms with Gasteiger partial charge in [0.1, 0.15) is 18.5 Å². The van der Waals surface area contributed by atoms with Crippen molar-refractivity contribution >= 4 is 34.1 Å². The van der Waals surface area contributed by atoms with E-state index in [9.17, 15) is 9.90 Å². The second-order valence-corrected chi connectivity index (χ2v) is 6.43. The summed E-state index contributed by atoms with van der Waals surface area (Å²) in [4.78, 5) is 16.7. The lowest BCUT2D eigenvalue weighted by Crippen LogP contribution is -2.30. The number of aliphatic hydroxyl groups is 1. The Morgan fingerprint density at radius 1 is 1.27 bits per heavy atom. The molecule has 3 rings (SSSR count). The Bertz CT molecular complexity index is 1040. The average Bonchev–Trinajstić information content (AvgIpc) is 2.63. The number of hydrogen-bond acceptors (Lipinski definition) is 5. The Hall–Kier alpha value is -2.59. The van der Waals surface area contributed by atoms with Gasteiger partial charge in [-0.15, -0.1) is 0 Å². The van der Waals surface area contributed by atoms with Gasteiger partial charge in [-0.25, -0.2) is 4.98 Å². The molecule has 0 saturated carbocycles. The maximum Gasteiger partial charge on any atom is 0.261 e. The third-order valence-electron chi connectivity index (χ3n) is 3.68. The predicted molar refractivity (Wildman–Crippen MR) is 98.7 cm³/mol. The second-order valence-electron chi connectivity index (χ2n) is 5.59. The quantitative estimate of drug-likeness (QED) is 0.724. The molecule has 0 spiro atoms. The molecule has 1 aromatic heterocycles. The first-order chi connectivity index (χ1) is 12.5. The number of rotatable bonds is 5. The van der Waals surface area contributed by atoms with Crippen LogP contribution in [0.4, 0.5) is 0 Å². The van der Waals surface area contributed by atoms with E-state index in [1.165, 1.54) is 23.0 Å².